The third-order valence-electron chi connectivity index (χ3n) is 2.88. The summed E-state index contributed by atoms with van der Waals surface area (Å²) in [5.41, 5.74) is 6.48. The molecule has 0 fully saturated rings. The van der Waals surface area contributed by atoms with Gasteiger partial charge in [-0.2, -0.15) is 4.98 Å². The molecular formula is C15H16F2N2O. The van der Waals surface area contributed by atoms with Crippen LogP contribution in [0.15, 0.2) is 30.3 Å². The van der Waals surface area contributed by atoms with Gasteiger partial charge < -0.3 is 10.5 Å². The second kappa shape index (κ2) is 6.32. The lowest BCUT2D eigenvalue weighted by atomic mass is 10.1. The maximum absolute atomic E-state index is 13.5. The van der Waals surface area contributed by atoms with Crippen molar-refractivity contribution in [1.82, 2.24) is 4.98 Å². The number of rotatable bonds is 5. The van der Waals surface area contributed by atoms with Crippen LogP contribution in [0, 0.1) is 11.6 Å². The molecule has 106 valence electrons. The van der Waals surface area contributed by atoms with Crippen LogP contribution in [-0.4, -0.2) is 4.98 Å². The molecule has 1 heterocycles. The van der Waals surface area contributed by atoms with Crippen molar-refractivity contribution in [2.24, 2.45) is 0 Å². The van der Waals surface area contributed by atoms with Gasteiger partial charge in [0.2, 0.25) is 0 Å². The van der Waals surface area contributed by atoms with E-state index in [4.69, 9.17) is 10.5 Å². The summed E-state index contributed by atoms with van der Waals surface area (Å²) >= 11 is 0. The molecule has 0 aliphatic rings. The summed E-state index contributed by atoms with van der Waals surface area (Å²) in [6.45, 7) is 2.13. The molecule has 0 unspecified atom stereocenters. The van der Waals surface area contributed by atoms with E-state index in [-0.39, 0.29) is 11.7 Å². The summed E-state index contributed by atoms with van der Waals surface area (Å²) in [6, 6.07) is 7.94. The number of hydrogen-bond acceptors (Lipinski definition) is 3. The molecule has 0 bridgehead atoms. The molecule has 0 aliphatic heterocycles. The van der Waals surface area contributed by atoms with Gasteiger partial charge in [0.25, 0.3) is 5.88 Å². The van der Waals surface area contributed by atoms with Crippen LogP contribution in [0.5, 0.6) is 11.6 Å². The minimum absolute atomic E-state index is 0.329. The van der Waals surface area contributed by atoms with E-state index in [1.807, 2.05) is 12.1 Å². The van der Waals surface area contributed by atoms with E-state index in [0.29, 0.717) is 11.8 Å². The van der Waals surface area contributed by atoms with Crippen molar-refractivity contribution in [3.05, 3.63) is 47.5 Å². The van der Waals surface area contributed by atoms with Crippen molar-refractivity contribution in [3.63, 3.8) is 0 Å². The van der Waals surface area contributed by atoms with Crippen LogP contribution in [-0.2, 0) is 6.42 Å². The quantitative estimate of drug-likeness (QED) is 0.896. The predicted octanol–water partition coefficient (Wildman–Crippen LogP) is 4.08. The van der Waals surface area contributed by atoms with Crippen molar-refractivity contribution in [1.29, 1.82) is 0 Å². The molecule has 0 radical (unpaired) electrons. The number of ether oxygens (including phenoxy) is 1. The van der Waals surface area contributed by atoms with E-state index >= 15 is 0 Å². The summed E-state index contributed by atoms with van der Waals surface area (Å²) in [7, 11) is 0. The molecule has 0 aliphatic carbocycles. The summed E-state index contributed by atoms with van der Waals surface area (Å²) in [5, 5.41) is 0. The number of nitrogens with zero attached hydrogens (tertiary/aromatic N) is 1. The number of aromatic nitrogens is 1. The number of hydrogen-bond donors (Lipinski definition) is 1. The highest BCUT2D eigenvalue weighted by molar-refractivity contribution is 5.37. The van der Waals surface area contributed by atoms with Crippen molar-refractivity contribution >= 4 is 5.82 Å². The second-order valence-corrected chi connectivity index (χ2v) is 4.49. The van der Waals surface area contributed by atoms with E-state index in [1.165, 1.54) is 5.56 Å². The summed E-state index contributed by atoms with van der Waals surface area (Å²) < 4.78 is 31.7. The fourth-order valence-electron chi connectivity index (χ4n) is 1.75. The first kappa shape index (κ1) is 14.2. The topological polar surface area (TPSA) is 48.1 Å². The van der Waals surface area contributed by atoms with E-state index < -0.39 is 11.6 Å². The fourth-order valence-corrected chi connectivity index (χ4v) is 1.75. The average molecular weight is 278 g/mol. The standard InChI is InChI=1S/C15H16F2N2O/c1-2-3-4-10-5-7-11(8-6-10)20-15-13(17)9-12(16)14(18)19-15/h5-9H,2-4H2,1H3,(H2,18,19). The molecule has 5 heteroatoms. The van der Waals surface area contributed by atoms with Crippen molar-refractivity contribution in [3.8, 4) is 11.6 Å². The van der Waals surface area contributed by atoms with Crippen molar-refractivity contribution in [2.75, 3.05) is 5.73 Å². The molecule has 0 saturated heterocycles. The molecule has 1 aromatic carbocycles. The highest BCUT2D eigenvalue weighted by atomic mass is 19.1. The van der Waals surface area contributed by atoms with Crippen molar-refractivity contribution < 1.29 is 13.5 Å². The van der Waals surface area contributed by atoms with Gasteiger partial charge in [-0.25, -0.2) is 8.78 Å². The Bertz CT molecular complexity index is 585. The third kappa shape index (κ3) is 3.44. The van der Waals surface area contributed by atoms with Crippen LogP contribution in [0.1, 0.15) is 25.3 Å². The average Bonchev–Trinajstić information content (AvgIpc) is 2.44. The lowest BCUT2D eigenvalue weighted by molar-refractivity contribution is 0.418. The number of pyridine rings is 1. The first-order valence-electron chi connectivity index (χ1n) is 6.48. The van der Waals surface area contributed by atoms with Crippen LogP contribution < -0.4 is 10.5 Å². The lowest BCUT2D eigenvalue weighted by Gasteiger charge is -2.07. The van der Waals surface area contributed by atoms with Gasteiger partial charge in [-0.05, 0) is 30.5 Å². The van der Waals surface area contributed by atoms with Gasteiger partial charge in [0, 0.05) is 6.07 Å². The van der Waals surface area contributed by atoms with Gasteiger partial charge in [0.05, 0.1) is 0 Å². The number of nitrogen functional groups attached to an aromatic ring is 1. The highest BCUT2D eigenvalue weighted by Gasteiger charge is 2.11. The maximum Gasteiger partial charge on any atom is 0.258 e. The van der Waals surface area contributed by atoms with Crippen LogP contribution in [0.3, 0.4) is 0 Å². The molecule has 0 saturated carbocycles. The zero-order chi connectivity index (χ0) is 14.5. The molecule has 0 amide bonds. The smallest absolute Gasteiger partial charge is 0.258 e. The van der Waals surface area contributed by atoms with Gasteiger partial charge in [-0.15, -0.1) is 0 Å². The monoisotopic (exact) mass is 278 g/mol. The molecule has 1 aromatic heterocycles. The summed E-state index contributed by atoms with van der Waals surface area (Å²) in [4.78, 5) is 3.55. The zero-order valence-corrected chi connectivity index (χ0v) is 11.2. The van der Waals surface area contributed by atoms with E-state index in [2.05, 4.69) is 11.9 Å². The minimum Gasteiger partial charge on any atom is -0.436 e. The third-order valence-corrected chi connectivity index (χ3v) is 2.88. The molecule has 0 spiro atoms. The molecule has 0 atom stereocenters. The van der Waals surface area contributed by atoms with Gasteiger partial charge in [0.15, 0.2) is 17.5 Å². The SMILES string of the molecule is CCCCc1ccc(Oc2nc(N)c(F)cc2F)cc1. The van der Waals surface area contributed by atoms with Gasteiger partial charge >= 0.3 is 0 Å². The Hall–Kier alpha value is -2.17. The molecule has 3 nitrogen and oxygen atoms in total. The van der Waals surface area contributed by atoms with E-state index in [0.717, 1.165) is 19.3 Å². The number of benzene rings is 1. The maximum atomic E-state index is 13.5. The molecule has 2 rings (SSSR count). The normalized spacial score (nSPS) is 10.6. The zero-order valence-electron chi connectivity index (χ0n) is 11.2. The van der Waals surface area contributed by atoms with Crippen LogP contribution in [0.4, 0.5) is 14.6 Å². The molecule has 20 heavy (non-hydrogen) atoms. The lowest BCUT2D eigenvalue weighted by Crippen LogP contribution is -2.00. The number of anilines is 1. The largest absolute Gasteiger partial charge is 0.436 e. The van der Waals surface area contributed by atoms with E-state index in [9.17, 15) is 8.78 Å². The summed E-state index contributed by atoms with van der Waals surface area (Å²) in [6.07, 6.45) is 3.24. The fraction of sp³-hybridized carbons (Fsp3) is 0.267. The van der Waals surface area contributed by atoms with Gasteiger partial charge in [-0.1, -0.05) is 25.5 Å². The second-order valence-electron chi connectivity index (χ2n) is 4.49. The molecular weight excluding hydrogens is 262 g/mol. The number of unbranched alkanes of at least 4 members (excludes halogenated alkanes) is 1. The van der Waals surface area contributed by atoms with Crippen LogP contribution in [0.2, 0.25) is 0 Å². The van der Waals surface area contributed by atoms with Gasteiger partial charge in [0.1, 0.15) is 5.75 Å². The Morgan fingerprint density at radius 1 is 1.15 bits per heavy atom. The highest BCUT2D eigenvalue weighted by Crippen LogP contribution is 2.25. The Labute approximate surface area is 116 Å². The van der Waals surface area contributed by atoms with E-state index in [1.54, 1.807) is 12.1 Å². The molecule has 2 aromatic rings. The predicted molar refractivity (Wildman–Crippen MR) is 73.7 cm³/mol. The number of halogens is 2. The number of aryl methyl sites for hydroxylation is 1. The molecule has 2 N–H and O–H groups in total. The minimum atomic E-state index is -0.898. The first-order chi connectivity index (χ1) is 9.60. The Balaban J connectivity index is 2.12. The van der Waals surface area contributed by atoms with Crippen molar-refractivity contribution in [2.45, 2.75) is 26.2 Å². The first-order valence-corrected chi connectivity index (χ1v) is 6.48. The number of nitrogens with two attached hydrogens (primary N) is 1. The van der Waals surface area contributed by atoms with Gasteiger partial charge in [-0.3, -0.25) is 0 Å². The Morgan fingerprint density at radius 3 is 2.50 bits per heavy atom. The summed E-state index contributed by atoms with van der Waals surface area (Å²) in [5.74, 6) is -2.06. The van der Waals surface area contributed by atoms with Crippen LogP contribution >= 0.6 is 0 Å². The van der Waals surface area contributed by atoms with Crippen LogP contribution in [0.25, 0.3) is 0 Å². The Morgan fingerprint density at radius 2 is 1.85 bits per heavy atom. The Kier molecular flexibility index (Phi) is 4.50.